The molecular formula is C13H15Cl2NO2. The van der Waals surface area contributed by atoms with Gasteiger partial charge >= 0.3 is 5.97 Å². The molecule has 0 atom stereocenters. The smallest absolute Gasteiger partial charge is 0.328 e. The SMILES string of the molecule is O=C(O)/C=C/c1ccc(N(CCCl)CCCl)cc1. The molecule has 0 saturated carbocycles. The van der Waals surface area contributed by atoms with Crippen LogP contribution in [0.1, 0.15) is 5.56 Å². The second-order valence-corrected chi connectivity index (χ2v) is 4.38. The van der Waals surface area contributed by atoms with E-state index in [2.05, 4.69) is 4.90 Å². The van der Waals surface area contributed by atoms with Crippen molar-refractivity contribution in [2.75, 3.05) is 29.7 Å². The van der Waals surface area contributed by atoms with E-state index in [1.165, 1.54) is 0 Å². The van der Waals surface area contributed by atoms with Gasteiger partial charge in [0.2, 0.25) is 0 Å². The van der Waals surface area contributed by atoms with Gasteiger partial charge in [-0.05, 0) is 23.8 Å². The Kier molecular flexibility index (Phi) is 6.61. The van der Waals surface area contributed by atoms with Gasteiger partial charge in [0, 0.05) is 36.6 Å². The monoisotopic (exact) mass is 287 g/mol. The van der Waals surface area contributed by atoms with Crippen molar-refractivity contribution in [1.29, 1.82) is 0 Å². The maximum atomic E-state index is 10.4. The summed E-state index contributed by atoms with van der Waals surface area (Å²) in [4.78, 5) is 12.5. The van der Waals surface area contributed by atoms with E-state index < -0.39 is 5.97 Å². The van der Waals surface area contributed by atoms with E-state index in [1.54, 1.807) is 6.08 Å². The van der Waals surface area contributed by atoms with Crippen molar-refractivity contribution in [3.05, 3.63) is 35.9 Å². The Hall–Kier alpha value is -1.19. The van der Waals surface area contributed by atoms with Crippen LogP contribution in [0.5, 0.6) is 0 Å². The van der Waals surface area contributed by atoms with Gasteiger partial charge in [-0.2, -0.15) is 0 Å². The van der Waals surface area contributed by atoms with E-state index in [0.29, 0.717) is 11.8 Å². The second kappa shape index (κ2) is 8.01. The van der Waals surface area contributed by atoms with Crippen molar-refractivity contribution in [1.82, 2.24) is 0 Å². The van der Waals surface area contributed by atoms with Gasteiger partial charge in [-0.25, -0.2) is 4.79 Å². The van der Waals surface area contributed by atoms with Gasteiger partial charge in [0.05, 0.1) is 0 Å². The fraction of sp³-hybridized carbons (Fsp3) is 0.308. The van der Waals surface area contributed by atoms with Crippen LogP contribution in [0.25, 0.3) is 6.08 Å². The molecule has 0 amide bonds. The molecule has 0 aliphatic heterocycles. The summed E-state index contributed by atoms with van der Waals surface area (Å²) in [6.45, 7) is 1.47. The molecule has 0 unspecified atom stereocenters. The fourth-order valence-corrected chi connectivity index (χ4v) is 1.95. The van der Waals surface area contributed by atoms with Crippen molar-refractivity contribution in [2.45, 2.75) is 0 Å². The minimum absolute atomic E-state index is 0.539. The van der Waals surface area contributed by atoms with Crippen LogP contribution < -0.4 is 4.90 Å². The Balaban J connectivity index is 2.76. The molecule has 1 N–H and O–H groups in total. The first kappa shape index (κ1) is 14.9. The quantitative estimate of drug-likeness (QED) is 0.619. The van der Waals surface area contributed by atoms with Crippen LogP contribution in [-0.2, 0) is 4.79 Å². The molecule has 1 rings (SSSR count). The normalized spacial score (nSPS) is 10.8. The highest BCUT2D eigenvalue weighted by Crippen LogP contribution is 2.16. The summed E-state index contributed by atoms with van der Waals surface area (Å²) >= 11 is 11.5. The number of carboxylic acids is 1. The largest absolute Gasteiger partial charge is 0.478 e. The molecule has 3 nitrogen and oxygen atoms in total. The van der Waals surface area contributed by atoms with Crippen LogP contribution in [0, 0.1) is 0 Å². The van der Waals surface area contributed by atoms with Gasteiger partial charge in [0.1, 0.15) is 0 Å². The van der Waals surface area contributed by atoms with Crippen LogP contribution in [0.4, 0.5) is 5.69 Å². The first-order valence-electron chi connectivity index (χ1n) is 5.55. The highest BCUT2D eigenvalue weighted by Gasteiger charge is 2.04. The minimum atomic E-state index is -0.954. The van der Waals surface area contributed by atoms with Crippen LogP contribution in [0.3, 0.4) is 0 Å². The predicted molar refractivity (Wildman–Crippen MR) is 76.8 cm³/mol. The fourth-order valence-electron chi connectivity index (χ4n) is 1.54. The first-order chi connectivity index (χ1) is 8.67. The molecule has 0 spiro atoms. The summed E-state index contributed by atoms with van der Waals surface area (Å²) < 4.78 is 0. The number of rotatable bonds is 7. The standard InChI is InChI=1S/C13H15Cl2NO2/c14-7-9-16(10-8-15)12-4-1-11(2-5-12)3-6-13(17)18/h1-6H,7-10H2,(H,17,18)/b6-3+. The summed E-state index contributed by atoms with van der Waals surface area (Å²) in [7, 11) is 0. The molecule has 0 radical (unpaired) electrons. The minimum Gasteiger partial charge on any atom is -0.478 e. The summed E-state index contributed by atoms with van der Waals surface area (Å²) in [5.74, 6) is 0.125. The summed E-state index contributed by atoms with van der Waals surface area (Å²) in [6, 6.07) is 7.59. The number of aliphatic carboxylic acids is 1. The van der Waals surface area contributed by atoms with E-state index in [4.69, 9.17) is 28.3 Å². The third-order valence-corrected chi connectivity index (χ3v) is 2.72. The lowest BCUT2D eigenvalue weighted by Gasteiger charge is -2.22. The zero-order valence-corrected chi connectivity index (χ0v) is 11.4. The number of anilines is 1. The van der Waals surface area contributed by atoms with Crippen LogP contribution in [-0.4, -0.2) is 35.9 Å². The molecule has 1 aromatic rings. The number of hydrogen-bond donors (Lipinski definition) is 1. The number of hydrogen-bond acceptors (Lipinski definition) is 2. The van der Waals surface area contributed by atoms with Crippen molar-refractivity contribution in [3.63, 3.8) is 0 Å². The highest BCUT2D eigenvalue weighted by atomic mass is 35.5. The third-order valence-electron chi connectivity index (χ3n) is 2.39. The van der Waals surface area contributed by atoms with Crippen molar-refractivity contribution in [2.24, 2.45) is 0 Å². The Morgan fingerprint density at radius 2 is 1.72 bits per heavy atom. The van der Waals surface area contributed by atoms with Crippen molar-refractivity contribution >= 4 is 40.9 Å². The predicted octanol–water partition coefficient (Wildman–Crippen LogP) is 3.07. The van der Waals surface area contributed by atoms with E-state index in [1.807, 2.05) is 24.3 Å². The van der Waals surface area contributed by atoms with Gasteiger partial charge in [0.15, 0.2) is 0 Å². The molecule has 0 aliphatic carbocycles. The van der Waals surface area contributed by atoms with Gasteiger partial charge in [-0.3, -0.25) is 0 Å². The topological polar surface area (TPSA) is 40.5 Å². The van der Waals surface area contributed by atoms with Gasteiger partial charge in [-0.1, -0.05) is 12.1 Å². The molecular weight excluding hydrogens is 273 g/mol. The lowest BCUT2D eigenvalue weighted by molar-refractivity contribution is -0.131. The third kappa shape index (κ3) is 4.98. The second-order valence-electron chi connectivity index (χ2n) is 3.63. The summed E-state index contributed by atoms with van der Waals surface area (Å²) in [6.07, 6.45) is 2.67. The molecule has 0 saturated heterocycles. The summed E-state index contributed by atoms with van der Waals surface area (Å²) in [5.41, 5.74) is 1.88. The molecule has 1 aromatic carbocycles. The number of halogens is 2. The Bertz CT molecular complexity index is 398. The van der Waals surface area contributed by atoms with Crippen molar-refractivity contribution in [3.8, 4) is 0 Å². The van der Waals surface area contributed by atoms with E-state index >= 15 is 0 Å². The van der Waals surface area contributed by atoms with Crippen LogP contribution >= 0.6 is 23.2 Å². The molecule has 5 heteroatoms. The number of nitrogens with zero attached hydrogens (tertiary/aromatic N) is 1. The molecule has 0 bridgehead atoms. The zero-order valence-electron chi connectivity index (χ0n) is 9.85. The van der Waals surface area contributed by atoms with Gasteiger partial charge < -0.3 is 10.0 Å². The van der Waals surface area contributed by atoms with Crippen molar-refractivity contribution < 1.29 is 9.90 Å². The molecule has 0 aromatic heterocycles. The number of carboxylic acid groups (broad SMARTS) is 1. The Morgan fingerprint density at radius 3 is 2.17 bits per heavy atom. The van der Waals surface area contributed by atoms with E-state index in [9.17, 15) is 4.79 Å². The van der Waals surface area contributed by atoms with Gasteiger partial charge in [0.25, 0.3) is 0 Å². The summed E-state index contributed by atoms with van der Waals surface area (Å²) in [5, 5.41) is 8.53. The van der Waals surface area contributed by atoms with E-state index in [0.717, 1.165) is 30.4 Å². The van der Waals surface area contributed by atoms with Crippen LogP contribution in [0.2, 0.25) is 0 Å². The average molecular weight is 288 g/mol. The Morgan fingerprint density at radius 1 is 1.17 bits per heavy atom. The molecule has 18 heavy (non-hydrogen) atoms. The van der Waals surface area contributed by atoms with Crippen LogP contribution in [0.15, 0.2) is 30.3 Å². The Labute approximate surface area is 117 Å². The maximum Gasteiger partial charge on any atom is 0.328 e. The average Bonchev–Trinajstić information content (AvgIpc) is 2.37. The molecule has 0 aliphatic rings. The van der Waals surface area contributed by atoms with E-state index in [-0.39, 0.29) is 0 Å². The maximum absolute atomic E-state index is 10.4. The first-order valence-corrected chi connectivity index (χ1v) is 6.62. The highest BCUT2D eigenvalue weighted by molar-refractivity contribution is 6.18. The number of carbonyl (C=O) groups is 1. The van der Waals surface area contributed by atoms with Gasteiger partial charge in [-0.15, -0.1) is 23.2 Å². The lowest BCUT2D eigenvalue weighted by atomic mass is 10.2. The molecule has 98 valence electrons. The number of benzene rings is 1. The number of alkyl halides is 2. The zero-order chi connectivity index (χ0) is 13.4. The lowest BCUT2D eigenvalue weighted by Crippen LogP contribution is -2.27. The molecule has 0 fully saturated rings. The molecule has 0 heterocycles.